The summed E-state index contributed by atoms with van der Waals surface area (Å²) in [7, 11) is 0. The number of benzene rings is 1. The number of nitrogen functional groups attached to an aromatic ring is 1. The van der Waals surface area contributed by atoms with Crippen molar-refractivity contribution in [1.82, 2.24) is 0 Å². The van der Waals surface area contributed by atoms with E-state index in [1.807, 2.05) is 13.8 Å². The zero-order valence-corrected chi connectivity index (χ0v) is 10.5. The lowest BCUT2D eigenvalue weighted by atomic mass is 10.2. The first-order chi connectivity index (χ1) is 8.56. The Balaban J connectivity index is 2.72. The Morgan fingerprint density at radius 1 is 1.44 bits per heavy atom. The van der Waals surface area contributed by atoms with E-state index in [4.69, 9.17) is 10.6 Å². The third-order valence-corrected chi connectivity index (χ3v) is 2.24. The fraction of sp³-hybridized carbons (Fsp3) is 0.455. The quantitative estimate of drug-likeness (QED) is 0.296. The Morgan fingerprint density at radius 3 is 2.67 bits per heavy atom. The van der Waals surface area contributed by atoms with Gasteiger partial charge in [0.15, 0.2) is 0 Å². The van der Waals surface area contributed by atoms with Crippen LogP contribution in [0.15, 0.2) is 18.2 Å². The second-order valence-corrected chi connectivity index (χ2v) is 3.95. The summed E-state index contributed by atoms with van der Waals surface area (Å²) in [5.74, 6) is 5.24. The van der Waals surface area contributed by atoms with Gasteiger partial charge in [0, 0.05) is 6.54 Å². The van der Waals surface area contributed by atoms with Crippen molar-refractivity contribution in [3.8, 4) is 0 Å². The monoisotopic (exact) mass is 254 g/mol. The summed E-state index contributed by atoms with van der Waals surface area (Å²) in [6, 6.07) is 4.87. The molecule has 0 fully saturated rings. The number of nitro benzene ring substituents is 1. The van der Waals surface area contributed by atoms with E-state index >= 15 is 0 Å². The normalized spacial score (nSPS) is 10.4. The molecular formula is C11H18N4O3. The van der Waals surface area contributed by atoms with Crippen molar-refractivity contribution in [2.75, 3.05) is 23.9 Å². The van der Waals surface area contributed by atoms with Crippen LogP contribution in [0.25, 0.3) is 0 Å². The maximum atomic E-state index is 11.0. The Kier molecular flexibility index (Phi) is 5.34. The van der Waals surface area contributed by atoms with E-state index < -0.39 is 4.92 Å². The molecule has 0 saturated carbocycles. The number of ether oxygens (including phenoxy) is 1. The van der Waals surface area contributed by atoms with Crippen LogP contribution >= 0.6 is 0 Å². The smallest absolute Gasteiger partial charge is 0.316 e. The topological polar surface area (TPSA) is 102 Å². The number of para-hydroxylation sites is 1. The van der Waals surface area contributed by atoms with Gasteiger partial charge in [-0.25, -0.2) is 0 Å². The molecule has 7 heteroatoms. The molecule has 0 atom stereocenters. The van der Waals surface area contributed by atoms with Crippen molar-refractivity contribution in [3.63, 3.8) is 0 Å². The van der Waals surface area contributed by atoms with Crippen molar-refractivity contribution in [2.45, 2.75) is 20.0 Å². The van der Waals surface area contributed by atoms with Crippen LogP contribution in [0.5, 0.6) is 0 Å². The SMILES string of the molecule is CC(C)OCCNc1cccc(NN)c1[N+](=O)[O-]. The Morgan fingerprint density at radius 2 is 2.11 bits per heavy atom. The minimum atomic E-state index is -0.471. The van der Waals surface area contributed by atoms with Crippen LogP contribution in [0.1, 0.15) is 13.8 Å². The van der Waals surface area contributed by atoms with E-state index in [0.717, 1.165) is 0 Å². The van der Waals surface area contributed by atoms with E-state index in [1.54, 1.807) is 18.2 Å². The Bertz CT molecular complexity index is 409. The largest absolute Gasteiger partial charge is 0.377 e. The number of anilines is 2. The molecule has 100 valence electrons. The molecule has 0 spiro atoms. The molecule has 0 bridgehead atoms. The van der Waals surface area contributed by atoms with E-state index in [2.05, 4.69) is 10.7 Å². The molecule has 0 aliphatic heterocycles. The predicted octanol–water partition coefficient (Wildman–Crippen LogP) is 1.72. The predicted molar refractivity (Wildman–Crippen MR) is 70.5 cm³/mol. The van der Waals surface area contributed by atoms with Crippen molar-refractivity contribution < 1.29 is 9.66 Å². The molecular weight excluding hydrogens is 236 g/mol. The standard InChI is InChI=1S/C11H18N4O3/c1-8(2)18-7-6-13-9-4-3-5-10(14-12)11(9)15(16)17/h3-5,8,13-14H,6-7,12H2,1-2H3. The van der Waals surface area contributed by atoms with Crippen LogP contribution in [-0.2, 0) is 4.74 Å². The molecule has 4 N–H and O–H groups in total. The van der Waals surface area contributed by atoms with Gasteiger partial charge in [0.25, 0.3) is 0 Å². The van der Waals surface area contributed by atoms with Gasteiger partial charge in [-0.1, -0.05) is 6.07 Å². The van der Waals surface area contributed by atoms with E-state index in [0.29, 0.717) is 18.8 Å². The molecule has 18 heavy (non-hydrogen) atoms. The molecule has 1 aromatic carbocycles. The second-order valence-electron chi connectivity index (χ2n) is 3.95. The zero-order chi connectivity index (χ0) is 13.5. The summed E-state index contributed by atoms with van der Waals surface area (Å²) in [6.07, 6.45) is 0.138. The first-order valence-corrected chi connectivity index (χ1v) is 5.65. The molecule has 1 aromatic rings. The third kappa shape index (κ3) is 3.86. The molecule has 0 aliphatic carbocycles. The summed E-state index contributed by atoms with van der Waals surface area (Å²) >= 11 is 0. The third-order valence-electron chi connectivity index (χ3n) is 2.24. The summed E-state index contributed by atoms with van der Waals surface area (Å²) in [5, 5.41) is 13.9. The van der Waals surface area contributed by atoms with Crippen LogP contribution in [0.2, 0.25) is 0 Å². The average Bonchev–Trinajstić information content (AvgIpc) is 2.33. The molecule has 0 radical (unpaired) electrons. The van der Waals surface area contributed by atoms with Gasteiger partial charge in [-0.05, 0) is 26.0 Å². The van der Waals surface area contributed by atoms with Gasteiger partial charge in [0.05, 0.1) is 17.6 Å². The van der Waals surface area contributed by atoms with Gasteiger partial charge in [0.2, 0.25) is 0 Å². The van der Waals surface area contributed by atoms with E-state index in [1.165, 1.54) is 0 Å². The molecule has 0 unspecified atom stereocenters. The Hall–Kier alpha value is -1.86. The van der Waals surface area contributed by atoms with Crippen LogP contribution in [0, 0.1) is 10.1 Å². The van der Waals surface area contributed by atoms with Gasteiger partial charge in [-0.3, -0.25) is 16.0 Å². The van der Waals surface area contributed by atoms with E-state index in [9.17, 15) is 10.1 Å². The van der Waals surface area contributed by atoms with Crippen LogP contribution in [0.3, 0.4) is 0 Å². The second kappa shape index (κ2) is 6.77. The van der Waals surface area contributed by atoms with Gasteiger partial charge in [-0.2, -0.15) is 0 Å². The van der Waals surface area contributed by atoms with Gasteiger partial charge in [-0.15, -0.1) is 0 Å². The molecule has 1 rings (SSSR count). The highest BCUT2D eigenvalue weighted by atomic mass is 16.6. The molecule has 0 heterocycles. The number of nitro groups is 1. The molecule has 0 saturated heterocycles. The minimum Gasteiger partial charge on any atom is -0.377 e. The molecule has 7 nitrogen and oxygen atoms in total. The number of nitrogens with two attached hydrogens (primary N) is 1. The summed E-state index contributed by atoms with van der Waals surface area (Å²) in [4.78, 5) is 10.5. The fourth-order valence-electron chi connectivity index (χ4n) is 1.48. The maximum absolute atomic E-state index is 11.0. The lowest BCUT2D eigenvalue weighted by Gasteiger charge is -2.11. The lowest BCUT2D eigenvalue weighted by Crippen LogP contribution is -2.15. The number of rotatable bonds is 7. The number of hydrogen-bond donors (Lipinski definition) is 3. The average molecular weight is 254 g/mol. The van der Waals surface area contributed by atoms with Crippen molar-refractivity contribution in [3.05, 3.63) is 28.3 Å². The molecule has 0 amide bonds. The van der Waals surface area contributed by atoms with Crippen LogP contribution < -0.4 is 16.6 Å². The highest BCUT2D eigenvalue weighted by Gasteiger charge is 2.18. The highest BCUT2D eigenvalue weighted by molar-refractivity contribution is 5.75. The summed E-state index contributed by atoms with van der Waals surface area (Å²) < 4.78 is 5.35. The van der Waals surface area contributed by atoms with Crippen molar-refractivity contribution in [1.29, 1.82) is 0 Å². The zero-order valence-electron chi connectivity index (χ0n) is 10.5. The number of nitrogens with zero attached hydrogens (tertiary/aromatic N) is 1. The van der Waals surface area contributed by atoms with E-state index in [-0.39, 0.29) is 17.5 Å². The van der Waals surface area contributed by atoms with Crippen molar-refractivity contribution >= 4 is 17.1 Å². The van der Waals surface area contributed by atoms with Crippen LogP contribution in [0.4, 0.5) is 17.1 Å². The number of hydrazine groups is 1. The number of nitrogens with one attached hydrogen (secondary N) is 2. The summed E-state index contributed by atoms with van der Waals surface area (Å²) in [6.45, 7) is 4.84. The molecule has 0 aliphatic rings. The Labute approximate surface area is 105 Å². The lowest BCUT2D eigenvalue weighted by molar-refractivity contribution is -0.383. The fourth-order valence-corrected chi connectivity index (χ4v) is 1.48. The minimum absolute atomic E-state index is 0.0652. The van der Waals surface area contributed by atoms with Crippen molar-refractivity contribution in [2.24, 2.45) is 5.84 Å². The molecule has 0 aromatic heterocycles. The highest BCUT2D eigenvalue weighted by Crippen LogP contribution is 2.31. The maximum Gasteiger partial charge on any atom is 0.316 e. The van der Waals surface area contributed by atoms with Gasteiger partial charge >= 0.3 is 5.69 Å². The van der Waals surface area contributed by atoms with Crippen LogP contribution in [-0.4, -0.2) is 24.2 Å². The first kappa shape index (κ1) is 14.2. The van der Waals surface area contributed by atoms with Gasteiger partial charge < -0.3 is 15.5 Å². The summed E-state index contributed by atoms with van der Waals surface area (Å²) in [5.41, 5.74) is 2.94. The number of hydrogen-bond acceptors (Lipinski definition) is 6. The first-order valence-electron chi connectivity index (χ1n) is 5.65. The van der Waals surface area contributed by atoms with Gasteiger partial charge in [0.1, 0.15) is 11.4 Å².